The van der Waals surface area contributed by atoms with Crippen LogP contribution in [0.15, 0.2) is 48.9 Å². The van der Waals surface area contributed by atoms with Gasteiger partial charge >= 0.3 is 5.97 Å². The van der Waals surface area contributed by atoms with E-state index in [1.807, 2.05) is 17.1 Å². The van der Waals surface area contributed by atoms with Crippen LogP contribution in [-0.4, -0.2) is 70.3 Å². The van der Waals surface area contributed by atoms with Gasteiger partial charge in [-0.2, -0.15) is 0 Å². The molecule has 7 heteroatoms. The van der Waals surface area contributed by atoms with Crippen molar-refractivity contribution >= 4 is 17.8 Å². The highest BCUT2D eigenvalue weighted by molar-refractivity contribution is 5.93. The van der Waals surface area contributed by atoms with Crippen LogP contribution in [0.5, 0.6) is 0 Å². The van der Waals surface area contributed by atoms with Gasteiger partial charge in [0.05, 0.1) is 6.42 Å². The molecule has 0 aromatic carbocycles. The molecule has 0 saturated carbocycles. The number of allylic oxidation sites excluding steroid dienone is 2. The van der Waals surface area contributed by atoms with Crippen LogP contribution >= 0.6 is 0 Å². The van der Waals surface area contributed by atoms with Crippen LogP contribution in [0.25, 0.3) is 0 Å². The van der Waals surface area contributed by atoms with Crippen LogP contribution in [0.1, 0.15) is 12.8 Å². The summed E-state index contributed by atoms with van der Waals surface area (Å²) < 4.78 is 0. The molecule has 2 heterocycles. The molecule has 0 bridgehead atoms. The van der Waals surface area contributed by atoms with Crippen molar-refractivity contribution in [3.63, 3.8) is 0 Å². The van der Waals surface area contributed by atoms with Gasteiger partial charge in [0.25, 0.3) is 5.91 Å². The van der Waals surface area contributed by atoms with Crippen molar-refractivity contribution in [3.8, 4) is 0 Å². The Morgan fingerprint density at radius 2 is 1.80 bits per heavy atom. The average molecular weight is 345 g/mol. The van der Waals surface area contributed by atoms with Crippen molar-refractivity contribution in [2.45, 2.75) is 12.8 Å². The summed E-state index contributed by atoms with van der Waals surface area (Å²) in [5.41, 5.74) is 1.49. The number of carbonyl (C=O) groups excluding carboxylic acids is 2. The highest BCUT2D eigenvalue weighted by Crippen LogP contribution is 2.14. The maximum Gasteiger partial charge on any atom is 0.303 e. The molecule has 7 nitrogen and oxygen atoms in total. The number of hydrogen-bond acceptors (Lipinski definition) is 4. The van der Waals surface area contributed by atoms with Gasteiger partial charge in [0.15, 0.2) is 0 Å². The van der Waals surface area contributed by atoms with E-state index in [0.29, 0.717) is 31.9 Å². The van der Waals surface area contributed by atoms with Gasteiger partial charge in [-0.1, -0.05) is 19.2 Å². The van der Waals surface area contributed by atoms with Crippen molar-refractivity contribution in [2.24, 2.45) is 0 Å². The Hall–Kier alpha value is -2.83. The number of aliphatic carboxylic acids is 1. The quantitative estimate of drug-likeness (QED) is 0.674. The van der Waals surface area contributed by atoms with E-state index in [-0.39, 0.29) is 24.7 Å². The van der Waals surface area contributed by atoms with Gasteiger partial charge in [-0.25, -0.2) is 0 Å². The monoisotopic (exact) mass is 345 g/mol. The van der Waals surface area contributed by atoms with Crippen molar-refractivity contribution < 1.29 is 19.5 Å². The molecule has 2 aliphatic rings. The largest absolute Gasteiger partial charge is 0.481 e. The predicted octanol–water partition coefficient (Wildman–Crippen LogP) is 0.977. The van der Waals surface area contributed by atoms with E-state index in [4.69, 9.17) is 5.11 Å². The summed E-state index contributed by atoms with van der Waals surface area (Å²) in [4.78, 5) is 40.0. The van der Waals surface area contributed by atoms with E-state index in [1.54, 1.807) is 11.0 Å². The number of carboxylic acid groups (broad SMARTS) is 1. The van der Waals surface area contributed by atoms with Crippen LogP contribution in [0.2, 0.25) is 0 Å². The normalized spacial score (nSPS) is 16.2. The summed E-state index contributed by atoms with van der Waals surface area (Å²) in [6, 6.07) is 0. The van der Waals surface area contributed by atoms with Gasteiger partial charge in [-0.05, 0) is 12.2 Å². The Labute approximate surface area is 147 Å². The van der Waals surface area contributed by atoms with Crippen LogP contribution in [-0.2, 0) is 14.4 Å². The third-order valence-electron chi connectivity index (χ3n) is 4.21. The van der Waals surface area contributed by atoms with E-state index in [9.17, 15) is 14.4 Å². The molecular formula is C18H23N3O4. The molecule has 0 radical (unpaired) electrons. The second-order valence-electron chi connectivity index (χ2n) is 5.93. The first-order valence-electron chi connectivity index (χ1n) is 8.17. The molecule has 0 saturated heterocycles. The second kappa shape index (κ2) is 8.32. The molecule has 1 N–H and O–H groups in total. The molecule has 134 valence electrons. The number of rotatable bonds is 9. The maximum atomic E-state index is 12.4. The molecule has 2 aliphatic heterocycles. The molecule has 0 spiro atoms. The molecule has 0 aromatic heterocycles. The van der Waals surface area contributed by atoms with Gasteiger partial charge in [-0.3, -0.25) is 14.4 Å². The number of carbonyl (C=O) groups is 3. The lowest BCUT2D eigenvalue weighted by atomic mass is 10.2. The molecule has 0 aromatic rings. The van der Waals surface area contributed by atoms with E-state index in [0.717, 1.165) is 12.2 Å². The van der Waals surface area contributed by atoms with E-state index in [1.165, 1.54) is 11.0 Å². The van der Waals surface area contributed by atoms with Gasteiger partial charge in [-0.15, -0.1) is 0 Å². The Morgan fingerprint density at radius 1 is 1.08 bits per heavy atom. The molecular weight excluding hydrogens is 322 g/mol. The summed E-state index contributed by atoms with van der Waals surface area (Å²) in [5, 5.41) is 8.78. The summed E-state index contributed by atoms with van der Waals surface area (Å²) in [6.07, 6.45) is 6.75. The lowest BCUT2D eigenvalue weighted by molar-refractivity contribution is -0.141. The highest BCUT2D eigenvalue weighted by atomic mass is 16.4. The summed E-state index contributed by atoms with van der Waals surface area (Å²) in [5.74, 6) is -1.39. The highest BCUT2D eigenvalue weighted by Gasteiger charge is 2.22. The third-order valence-corrected chi connectivity index (χ3v) is 4.21. The lowest BCUT2D eigenvalue weighted by Crippen LogP contribution is -2.42. The minimum atomic E-state index is -1.00. The zero-order valence-corrected chi connectivity index (χ0v) is 14.2. The van der Waals surface area contributed by atoms with Crippen LogP contribution in [0.3, 0.4) is 0 Å². The lowest BCUT2D eigenvalue weighted by Gasteiger charge is -2.29. The van der Waals surface area contributed by atoms with E-state index >= 15 is 0 Å². The summed E-state index contributed by atoms with van der Waals surface area (Å²) in [7, 11) is 0. The molecule has 0 unspecified atom stereocenters. The fourth-order valence-electron chi connectivity index (χ4n) is 2.71. The van der Waals surface area contributed by atoms with Crippen molar-refractivity contribution in [2.75, 3.05) is 32.7 Å². The molecule has 2 rings (SSSR count). The van der Waals surface area contributed by atoms with Gasteiger partial charge < -0.3 is 19.8 Å². The standard InChI is InChI=1S/C18H23N3O4/c1-14-4-3-9-19(14)10-11-20(16(22)7-8-18(24)25)12-13-21-15(2)5-6-17(21)23/h3-6H,1-2,7-13H2,(H,24,25). The zero-order chi connectivity index (χ0) is 18.4. The van der Waals surface area contributed by atoms with Gasteiger partial charge in [0, 0.05) is 56.6 Å². The summed E-state index contributed by atoms with van der Waals surface area (Å²) >= 11 is 0. The molecule has 25 heavy (non-hydrogen) atoms. The van der Waals surface area contributed by atoms with Crippen LogP contribution < -0.4 is 0 Å². The molecule has 0 aliphatic carbocycles. The second-order valence-corrected chi connectivity index (χ2v) is 5.93. The third kappa shape index (κ3) is 5.07. The summed E-state index contributed by atoms with van der Waals surface area (Å²) in [6.45, 7) is 10.2. The Morgan fingerprint density at radius 3 is 2.36 bits per heavy atom. The van der Waals surface area contributed by atoms with E-state index in [2.05, 4.69) is 13.2 Å². The fraction of sp³-hybridized carbons (Fsp3) is 0.389. The van der Waals surface area contributed by atoms with Gasteiger partial charge in [0.1, 0.15) is 0 Å². The molecule has 0 fully saturated rings. The first-order chi connectivity index (χ1) is 11.9. The Balaban J connectivity index is 1.91. The number of carboxylic acids is 1. The first kappa shape index (κ1) is 18.5. The van der Waals surface area contributed by atoms with Crippen molar-refractivity contribution in [3.05, 3.63) is 48.9 Å². The topological polar surface area (TPSA) is 81.2 Å². The van der Waals surface area contributed by atoms with Crippen LogP contribution in [0, 0.1) is 0 Å². The maximum absolute atomic E-state index is 12.4. The Bertz CT molecular complexity index is 633. The predicted molar refractivity (Wildman–Crippen MR) is 93.3 cm³/mol. The Kier molecular flexibility index (Phi) is 6.16. The molecule has 0 atom stereocenters. The number of amides is 2. The first-order valence-corrected chi connectivity index (χ1v) is 8.17. The minimum absolute atomic E-state index is 0.0539. The van der Waals surface area contributed by atoms with Crippen molar-refractivity contribution in [1.82, 2.24) is 14.7 Å². The van der Waals surface area contributed by atoms with E-state index < -0.39 is 5.97 Å². The zero-order valence-electron chi connectivity index (χ0n) is 14.2. The van der Waals surface area contributed by atoms with Crippen molar-refractivity contribution in [1.29, 1.82) is 0 Å². The SMILES string of the molecule is C=C1C=CCN1CCN(CCN1C(=C)C=CC1=O)C(=O)CCC(=O)O. The number of nitrogens with zero attached hydrogens (tertiary/aromatic N) is 3. The van der Waals surface area contributed by atoms with Gasteiger partial charge in [0.2, 0.25) is 5.91 Å². The minimum Gasteiger partial charge on any atom is -0.481 e. The molecule has 2 amide bonds. The fourth-order valence-corrected chi connectivity index (χ4v) is 2.71. The average Bonchev–Trinajstić information content (AvgIpc) is 3.11. The smallest absolute Gasteiger partial charge is 0.303 e. The van der Waals surface area contributed by atoms with Crippen LogP contribution in [0.4, 0.5) is 0 Å². The number of hydrogen-bond donors (Lipinski definition) is 1.